The summed E-state index contributed by atoms with van der Waals surface area (Å²) in [6.45, 7) is 0. The zero-order valence-electron chi connectivity index (χ0n) is 9.44. The number of nitrogens with one attached hydrogen (secondary N) is 1. The van der Waals surface area contributed by atoms with Crippen LogP contribution in [0.2, 0.25) is 0 Å². The smallest absolute Gasteiger partial charge is 0.335 e. The summed E-state index contributed by atoms with van der Waals surface area (Å²) < 4.78 is 0. The largest absolute Gasteiger partial charge is 0.478 e. The molecule has 17 heavy (non-hydrogen) atoms. The third-order valence-corrected chi connectivity index (χ3v) is 3.60. The van der Waals surface area contributed by atoms with Gasteiger partial charge in [-0.2, -0.15) is 5.10 Å². The van der Waals surface area contributed by atoms with Gasteiger partial charge in [0.25, 0.3) is 0 Å². The topological polar surface area (TPSA) is 66.0 Å². The molecule has 0 bridgehead atoms. The van der Waals surface area contributed by atoms with Crippen molar-refractivity contribution in [3.05, 3.63) is 29.5 Å². The molecule has 88 valence electrons. The Kier molecular flexibility index (Phi) is 2.35. The van der Waals surface area contributed by atoms with Crippen molar-refractivity contribution >= 4 is 16.9 Å². The van der Waals surface area contributed by atoms with E-state index in [1.54, 1.807) is 12.1 Å². The Morgan fingerprint density at radius 3 is 2.82 bits per heavy atom. The fraction of sp³-hybridized carbons (Fsp3) is 0.385. The molecular weight excluding hydrogens is 216 g/mol. The highest BCUT2D eigenvalue weighted by Gasteiger charge is 2.21. The molecule has 3 rings (SSSR count). The number of aromatic amines is 1. The van der Waals surface area contributed by atoms with E-state index in [1.807, 2.05) is 6.07 Å². The fourth-order valence-electron chi connectivity index (χ4n) is 2.69. The zero-order valence-corrected chi connectivity index (χ0v) is 9.44. The van der Waals surface area contributed by atoms with E-state index >= 15 is 0 Å². The molecule has 1 aromatic heterocycles. The molecule has 1 aromatic carbocycles. The Morgan fingerprint density at radius 2 is 2.12 bits per heavy atom. The number of aromatic carboxylic acids is 1. The van der Waals surface area contributed by atoms with Crippen molar-refractivity contribution in [3.8, 4) is 0 Å². The minimum absolute atomic E-state index is 0.293. The molecule has 0 unspecified atom stereocenters. The second-order valence-electron chi connectivity index (χ2n) is 4.66. The Labute approximate surface area is 98.6 Å². The van der Waals surface area contributed by atoms with Gasteiger partial charge in [0.1, 0.15) is 0 Å². The van der Waals surface area contributed by atoms with Crippen LogP contribution in [0.1, 0.15) is 47.7 Å². The van der Waals surface area contributed by atoms with Crippen molar-refractivity contribution in [1.82, 2.24) is 10.2 Å². The summed E-state index contributed by atoms with van der Waals surface area (Å²) in [5.41, 5.74) is 2.23. The predicted molar refractivity (Wildman–Crippen MR) is 64.3 cm³/mol. The third-order valence-electron chi connectivity index (χ3n) is 3.60. The molecule has 0 spiro atoms. The number of hydrogen-bond donors (Lipinski definition) is 2. The van der Waals surface area contributed by atoms with Gasteiger partial charge in [-0.15, -0.1) is 0 Å². The van der Waals surface area contributed by atoms with E-state index in [2.05, 4.69) is 10.2 Å². The van der Waals surface area contributed by atoms with Crippen molar-refractivity contribution < 1.29 is 9.90 Å². The maximum atomic E-state index is 10.9. The van der Waals surface area contributed by atoms with Gasteiger partial charge < -0.3 is 5.11 Å². The molecule has 1 saturated carbocycles. The normalized spacial score (nSPS) is 16.7. The van der Waals surface area contributed by atoms with Crippen LogP contribution in [0.15, 0.2) is 18.2 Å². The molecule has 1 aliphatic carbocycles. The summed E-state index contributed by atoms with van der Waals surface area (Å²) in [5, 5.41) is 17.3. The van der Waals surface area contributed by atoms with E-state index in [4.69, 9.17) is 5.11 Å². The van der Waals surface area contributed by atoms with Gasteiger partial charge in [0.15, 0.2) is 0 Å². The van der Waals surface area contributed by atoms with Gasteiger partial charge in [-0.1, -0.05) is 18.9 Å². The van der Waals surface area contributed by atoms with Crippen LogP contribution in [-0.4, -0.2) is 21.3 Å². The molecule has 4 heteroatoms. The van der Waals surface area contributed by atoms with Crippen LogP contribution < -0.4 is 0 Å². The second-order valence-corrected chi connectivity index (χ2v) is 4.66. The molecule has 0 radical (unpaired) electrons. The van der Waals surface area contributed by atoms with Crippen LogP contribution in [0.25, 0.3) is 10.9 Å². The number of fused-ring (bicyclic) bond motifs is 1. The molecule has 0 saturated heterocycles. The minimum Gasteiger partial charge on any atom is -0.478 e. The molecule has 1 heterocycles. The zero-order chi connectivity index (χ0) is 11.8. The molecule has 0 amide bonds. The van der Waals surface area contributed by atoms with Crippen molar-refractivity contribution in [2.75, 3.05) is 0 Å². The molecule has 2 N–H and O–H groups in total. The summed E-state index contributed by atoms with van der Waals surface area (Å²) >= 11 is 0. The first kappa shape index (κ1) is 10.3. The predicted octanol–water partition coefficient (Wildman–Crippen LogP) is 2.92. The molecule has 1 fully saturated rings. The third kappa shape index (κ3) is 1.69. The van der Waals surface area contributed by atoms with Gasteiger partial charge >= 0.3 is 5.97 Å². The van der Waals surface area contributed by atoms with Gasteiger partial charge in [-0.25, -0.2) is 4.79 Å². The van der Waals surface area contributed by atoms with E-state index in [-0.39, 0.29) is 0 Å². The molecule has 0 aliphatic heterocycles. The average Bonchev–Trinajstić information content (AvgIpc) is 2.96. The van der Waals surface area contributed by atoms with Crippen molar-refractivity contribution in [3.63, 3.8) is 0 Å². The van der Waals surface area contributed by atoms with Gasteiger partial charge in [-0.3, -0.25) is 5.10 Å². The summed E-state index contributed by atoms with van der Waals surface area (Å²) in [6.07, 6.45) is 4.97. The van der Waals surface area contributed by atoms with Crippen LogP contribution in [0.3, 0.4) is 0 Å². The molecule has 4 nitrogen and oxygen atoms in total. The van der Waals surface area contributed by atoms with Crippen molar-refractivity contribution in [2.24, 2.45) is 0 Å². The minimum atomic E-state index is -0.905. The molecular formula is C13H14N2O2. The van der Waals surface area contributed by atoms with Crippen molar-refractivity contribution in [1.29, 1.82) is 0 Å². The number of rotatable bonds is 2. The van der Waals surface area contributed by atoms with Crippen LogP contribution in [0, 0.1) is 0 Å². The van der Waals surface area contributed by atoms with Crippen LogP contribution >= 0.6 is 0 Å². The second kappa shape index (κ2) is 3.87. The van der Waals surface area contributed by atoms with Gasteiger partial charge in [0, 0.05) is 17.0 Å². The summed E-state index contributed by atoms with van der Waals surface area (Å²) in [7, 11) is 0. The first-order valence-corrected chi connectivity index (χ1v) is 5.97. The lowest BCUT2D eigenvalue weighted by Gasteiger charge is -2.06. The summed E-state index contributed by atoms with van der Waals surface area (Å²) in [5.74, 6) is -0.340. The average molecular weight is 230 g/mol. The lowest BCUT2D eigenvalue weighted by molar-refractivity contribution is 0.0697. The maximum Gasteiger partial charge on any atom is 0.335 e. The Bertz CT molecular complexity index is 568. The highest BCUT2D eigenvalue weighted by Crippen LogP contribution is 2.36. The highest BCUT2D eigenvalue weighted by atomic mass is 16.4. The number of hydrogen-bond acceptors (Lipinski definition) is 2. The first-order chi connectivity index (χ1) is 8.25. The van der Waals surface area contributed by atoms with Gasteiger partial charge in [-0.05, 0) is 25.0 Å². The monoisotopic (exact) mass is 230 g/mol. The molecule has 0 atom stereocenters. The Balaban J connectivity index is 2.07. The van der Waals surface area contributed by atoms with Gasteiger partial charge in [0.2, 0.25) is 0 Å². The molecule has 2 aromatic rings. The van der Waals surface area contributed by atoms with E-state index < -0.39 is 5.97 Å². The number of benzene rings is 1. The van der Waals surface area contributed by atoms with E-state index in [0.29, 0.717) is 11.5 Å². The first-order valence-electron chi connectivity index (χ1n) is 5.97. The Hall–Kier alpha value is -1.84. The lowest BCUT2D eigenvalue weighted by atomic mass is 10.00. The number of carboxylic acid groups (broad SMARTS) is 1. The maximum absolute atomic E-state index is 10.9. The lowest BCUT2D eigenvalue weighted by Crippen LogP contribution is -1.96. The van der Waals surface area contributed by atoms with Gasteiger partial charge in [0.05, 0.1) is 11.1 Å². The van der Waals surface area contributed by atoms with E-state index in [0.717, 1.165) is 10.9 Å². The molecule has 1 aliphatic rings. The number of nitrogens with zero attached hydrogens (tertiary/aromatic N) is 1. The number of carboxylic acids is 1. The Morgan fingerprint density at radius 1 is 1.35 bits per heavy atom. The number of H-pyrrole nitrogens is 1. The standard InChI is InChI=1S/C13H14N2O2/c16-13(17)9-5-6-10-11(7-9)14-15-12(10)8-3-1-2-4-8/h5-8H,1-4H2,(H,14,15)(H,16,17). The van der Waals surface area contributed by atoms with E-state index in [9.17, 15) is 4.79 Å². The SMILES string of the molecule is O=C(O)c1ccc2c(C3CCCC3)[nH]nc2c1. The highest BCUT2D eigenvalue weighted by molar-refractivity contribution is 5.93. The fourth-order valence-corrected chi connectivity index (χ4v) is 2.69. The van der Waals surface area contributed by atoms with Crippen LogP contribution in [-0.2, 0) is 0 Å². The number of aromatic nitrogens is 2. The number of carbonyl (C=O) groups is 1. The van der Waals surface area contributed by atoms with Crippen LogP contribution in [0.5, 0.6) is 0 Å². The quantitative estimate of drug-likeness (QED) is 0.833. The summed E-state index contributed by atoms with van der Waals surface area (Å²) in [6, 6.07) is 5.15. The van der Waals surface area contributed by atoms with E-state index in [1.165, 1.54) is 31.4 Å². The summed E-state index contributed by atoms with van der Waals surface area (Å²) in [4.78, 5) is 10.9. The van der Waals surface area contributed by atoms with Crippen molar-refractivity contribution in [2.45, 2.75) is 31.6 Å². The van der Waals surface area contributed by atoms with Crippen LogP contribution in [0.4, 0.5) is 0 Å².